The minimum absolute atomic E-state index is 0.140. The van der Waals surface area contributed by atoms with Crippen molar-refractivity contribution in [3.05, 3.63) is 100 Å². The van der Waals surface area contributed by atoms with Gasteiger partial charge < -0.3 is 29.3 Å². The van der Waals surface area contributed by atoms with Crippen molar-refractivity contribution < 1.29 is 36.6 Å². The number of nitrogen functional groups attached to an aromatic ring is 1. The van der Waals surface area contributed by atoms with Crippen molar-refractivity contribution in [2.24, 2.45) is 0 Å². The Kier molecular flexibility index (Phi) is 9.03. The Balaban J connectivity index is 1.48. The number of rotatable bonds is 10. The van der Waals surface area contributed by atoms with E-state index in [1.807, 2.05) is 24.3 Å². The number of hydrogen-bond acceptors (Lipinski definition) is 7. The second-order valence-electron chi connectivity index (χ2n) is 10.7. The predicted octanol–water partition coefficient (Wildman–Crippen LogP) is 6.33. The standard InChI is InChI=1S/C33H34F3N3O5/c1-20-14-23(33(34,35)36)5-7-25(20)32-26-17-30(44-13-11-21-4-8-28(41-2)27(37)15-21)29(42-3)16-22(26)10-12-39(32)31(40)9-6-24-18-43-19-38-24/h4-5,7-8,14-19,32H,6,9-13,37H2,1-3H3. The first-order valence-electron chi connectivity index (χ1n) is 14.2. The summed E-state index contributed by atoms with van der Waals surface area (Å²) in [4.78, 5) is 19.5. The molecular formula is C33H34F3N3O5. The molecule has 44 heavy (non-hydrogen) atoms. The van der Waals surface area contributed by atoms with E-state index in [-0.39, 0.29) is 12.3 Å². The molecule has 1 aliphatic rings. The lowest BCUT2D eigenvalue weighted by Crippen LogP contribution is -2.41. The fourth-order valence-corrected chi connectivity index (χ4v) is 5.62. The Morgan fingerprint density at radius 1 is 1.02 bits per heavy atom. The lowest BCUT2D eigenvalue weighted by Gasteiger charge is -2.39. The molecule has 0 bridgehead atoms. The second kappa shape index (κ2) is 12.9. The van der Waals surface area contributed by atoms with Crippen LogP contribution >= 0.6 is 0 Å². The van der Waals surface area contributed by atoms with E-state index in [9.17, 15) is 18.0 Å². The van der Waals surface area contributed by atoms with Gasteiger partial charge in [0.25, 0.3) is 0 Å². The zero-order chi connectivity index (χ0) is 31.4. The van der Waals surface area contributed by atoms with Crippen molar-refractivity contribution >= 4 is 11.6 Å². The van der Waals surface area contributed by atoms with Gasteiger partial charge in [-0.25, -0.2) is 4.98 Å². The maximum absolute atomic E-state index is 13.6. The summed E-state index contributed by atoms with van der Waals surface area (Å²) in [6.45, 7) is 2.33. The van der Waals surface area contributed by atoms with Crippen LogP contribution in [0, 0.1) is 6.92 Å². The molecule has 5 rings (SSSR count). The third-order valence-corrected chi connectivity index (χ3v) is 7.89. The molecule has 1 aliphatic heterocycles. The highest BCUT2D eigenvalue weighted by molar-refractivity contribution is 5.78. The Bertz CT molecular complexity index is 1620. The van der Waals surface area contributed by atoms with E-state index in [1.54, 1.807) is 32.1 Å². The third kappa shape index (κ3) is 6.61. The highest BCUT2D eigenvalue weighted by Gasteiger charge is 2.36. The van der Waals surface area contributed by atoms with Gasteiger partial charge in [0.2, 0.25) is 5.91 Å². The van der Waals surface area contributed by atoms with Gasteiger partial charge in [0.05, 0.1) is 43.8 Å². The van der Waals surface area contributed by atoms with Crippen LogP contribution in [0.5, 0.6) is 17.2 Å². The van der Waals surface area contributed by atoms with Gasteiger partial charge in [0.1, 0.15) is 12.0 Å². The van der Waals surface area contributed by atoms with Crippen molar-refractivity contribution in [1.29, 1.82) is 0 Å². The molecule has 1 aromatic heterocycles. The molecule has 2 N–H and O–H groups in total. The molecule has 4 aromatic rings. The molecule has 1 unspecified atom stereocenters. The van der Waals surface area contributed by atoms with E-state index < -0.39 is 17.8 Å². The monoisotopic (exact) mass is 609 g/mol. The Morgan fingerprint density at radius 3 is 2.48 bits per heavy atom. The van der Waals surface area contributed by atoms with Gasteiger partial charge in [-0.3, -0.25) is 4.79 Å². The second-order valence-corrected chi connectivity index (χ2v) is 10.7. The number of alkyl halides is 3. The molecule has 0 saturated carbocycles. The molecule has 1 atom stereocenters. The number of hydrogen-bond donors (Lipinski definition) is 1. The van der Waals surface area contributed by atoms with Crippen LogP contribution in [0.15, 0.2) is 65.6 Å². The fourth-order valence-electron chi connectivity index (χ4n) is 5.62. The van der Waals surface area contributed by atoms with E-state index >= 15 is 0 Å². The number of aromatic nitrogens is 1. The molecule has 3 aromatic carbocycles. The number of fused-ring (bicyclic) bond motifs is 1. The summed E-state index contributed by atoms with van der Waals surface area (Å²) in [5.41, 5.74) is 10.2. The smallest absolute Gasteiger partial charge is 0.416 e. The van der Waals surface area contributed by atoms with Crippen LogP contribution in [-0.4, -0.2) is 43.2 Å². The first-order chi connectivity index (χ1) is 21.1. The third-order valence-electron chi connectivity index (χ3n) is 7.89. The number of amides is 1. The molecular weight excluding hydrogens is 575 g/mol. The van der Waals surface area contributed by atoms with Gasteiger partial charge in [0, 0.05) is 25.8 Å². The molecule has 11 heteroatoms. The van der Waals surface area contributed by atoms with Crippen molar-refractivity contribution in [1.82, 2.24) is 9.88 Å². The van der Waals surface area contributed by atoms with E-state index in [0.29, 0.717) is 72.2 Å². The summed E-state index contributed by atoms with van der Waals surface area (Å²) in [7, 11) is 3.11. The van der Waals surface area contributed by atoms with Gasteiger partial charge in [-0.05, 0) is 77.6 Å². The number of nitrogens with two attached hydrogens (primary N) is 1. The average Bonchev–Trinajstić information content (AvgIpc) is 3.52. The van der Waals surface area contributed by atoms with Gasteiger partial charge in [-0.15, -0.1) is 0 Å². The summed E-state index contributed by atoms with van der Waals surface area (Å²) in [5.74, 6) is 1.46. The number of halogens is 3. The number of ether oxygens (including phenoxy) is 3. The first kappa shape index (κ1) is 30.8. The summed E-state index contributed by atoms with van der Waals surface area (Å²) in [6, 6.07) is 12.3. The van der Waals surface area contributed by atoms with E-state index in [0.717, 1.165) is 28.8 Å². The fraction of sp³-hybridized carbons (Fsp3) is 0.333. The van der Waals surface area contributed by atoms with Crippen LogP contribution in [0.3, 0.4) is 0 Å². The zero-order valence-electron chi connectivity index (χ0n) is 24.7. The number of anilines is 1. The Labute approximate surface area is 253 Å². The van der Waals surface area contributed by atoms with Gasteiger partial charge in [-0.2, -0.15) is 13.2 Å². The zero-order valence-corrected chi connectivity index (χ0v) is 24.7. The van der Waals surface area contributed by atoms with Crippen LogP contribution < -0.4 is 19.9 Å². The van der Waals surface area contributed by atoms with Crippen LogP contribution in [0.2, 0.25) is 0 Å². The molecule has 8 nitrogen and oxygen atoms in total. The Hall–Kier alpha value is -4.67. The SMILES string of the molecule is COc1ccc(CCOc2cc3c(cc2OC)CCN(C(=O)CCc2cocn2)C3c2ccc(C(F)(F)F)cc2C)cc1N. The van der Waals surface area contributed by atoms with E-state index in [4.69, 9.17) is 24.4 Å². The largest absolute Gasteiger partial charge is 0.495 e. The van der Waals surface area contributed by atoms with Crippen LogP contribution in [-0.2, 0) is 30.2 Å². The number of nitrogens with zero attached hydrogens (tertiary/aromatic N) is 2. The summed E-state index contributed by atoms with van der Waals surface area (Å²) in [5, 5.41) is 0. The highest BCUT2D eigenvalue weighted by atomic mass is 19.4. The van der Waals surface area contributed by atoms with Crippen molar-refractivity contribution in [3.63, 3.8) is 0 Å². The molecule has 0 aliphatic carbocycles. The number of aryl methyl sites for hydroxylation is 2. The number of carbonyl (C=O) groups is 1. The lowest BCUT2D eigenvalue weighted by molar-refractivity contribution is -0.138. The van der Waals surface area contributed by atoms with E-state index in [2.05, 4.69) is 4.98 Å². The molecule has 232 valence electrons. The maximum atomic E-state index is 13.6. The molecule has 0 spiro atoms. The van der Waals surface area contributed by atoms with Crippen LogP contribution in [0.4, 0.5) is 18.9 Å². The average molecular weight is 610 g/mol. The predicted molar refractivity (Wildman–Crippen MR) is 158 cm³/mol. The van der Waals surface area contributed by atoms with Crippen LogP contribution in [0.25, 0.3) is 0 Å². The molecule has 1 amide bonds. The normalized spacial score (nSPS) is 14.7. The maximum Gasteiger partial charge on any atom is 0.416 e. The number of benzene rings is 3. The van der Waals surface area contributed by atoms with Crippen LogP contribution in [0.1, 0.15) is 51.5 Å². The quantitative estimate of drug-likeness (QED) is 0.210. The number of carbonyl (C=O) groups excluding carboxylic acids is 1. The van der Waals surface area contributed by atoms with Gasteiger partial charge >= 0.3 is 6.18 Å². The molecule has 0 radical (unpaired) electrons. The van der Waals surface area contributed by atoms with Crippen molar-refractivity contribution in [3.8, 4) is 17.2 Å². The number of oxazole rings is 1. The minimum Gasteiger partial charge on any atom is -0.495 e. The van der Waals surface area contributed by atoms with Crippen molar-refractivity contribution in [2.75, 3.05) is 33.1 Å². The Morgan fingerprint density at radius 2 is 1.82 bits per heavy atom. The number of methoxy groups -OCH3 is 2. The summed E-state index contributed by atoms with van der Waals surface area (Å²) < 4.78 is 62.7. The van der Waals surface area contributed by atoms with Gasteiger partial charge in [0.15, 0.2) is 17.9 Å². The van der Waals surface area contributed by atoms with E-state index in [1.165, 1.54) is 18.7 Å². The molecule has 2 heterocycles. The lowest BCUT2D eigenvalue weighted by atomic mass is 9.85. The summed E-state index contributed by atoms with van der Waals surface area (Å²) >= 11 is 0. The molecule has 0 saturated heterocycles. The molecule has 0 fully saturated rings. The topological polar surface area (TPSA) is 100 Å². The first-order valence-corrected chi connectivity index (χ1v) is 14.2. The van der Waals surface area contributed by atoms with Crippen molar-refractivity contribution in [2.45, 2.75) is 44.8 Å². The highest BCUT2D eigenvalue weighted by Crippen LogP contribution is 2.43. The minimum atomic E-state index is -4.48. The summed E-state index contributed by atoms with van der Waals surface area (Å²) in [6.07, 6.45) is -0.0294. The van der Waals surface area contributed by atoms with Gasteiger partial charge in [-0.1, -0.05) is 12.1 Å².